The van der Waals surface area contributed by atoms with Crippen LogP contribution in [-0.4, -0.2) is 24.6 Å². The van der Waals surface area contributed by atoms with E-state index in [0.29, 0.717) is 6.42 Å². The lowest BCUT2D eigenvalue weighted by molar-refractivity contribution is -0.0642. The molecule has 0 bridgehead atoms. The number of hydrogen-bond donors (Lipinski definition) is 0. The first-order valence-electron chi connectivity index (χ1n) is 12.9. The molecule has 2 rings (SSSR count). The van der Waals surface area contributed by atoms with Gasteiger partial charge in [0, 0.05) is 25.5 Å². The lowest BCUT2D eigenvalue weighted by Crippen LogP contribution is -2.47. The van der Waals surface area contributed by atoms with Gasteiger partial charge in [-0.15, -0.1) is 0 Å². The lowest BCUT2D eigenvalue weighted by atomic mass is 9.89. The zero-order chi connectivity index (χ0) is 22.5. The number of methoxy groups -OCH3 is 1. The van der Waals surface area contributed by atoms with Crippen molar-refractivity contribution in [1.82, 2.24) is 0 Å². The van der Waals surface area contributed by atoms with Crippen molar-refractivity contribution in [2.75, 3.05) is 7.11 Å². The molecule has 3 heteroatoms. The van der Waals surface area contributed by atoms with Gasteiger partial charge in [-0.3, -0.25) is 4.79 Å². The van der Waals surface area contributed by atoms with Gasteiger partial charge in [0.1, 0.15) is 17.5 Å². The molecule has 1 aliphatic rings. The minimum atomic E-state index is -0.345. The van der Waals surface area contributed by atoms with Gasteiger partial charge in [0.15, 0.2) is 5.78 Å². The highest BCUT2D eigenvalue weighted by Gasteiger charge is 2.37. The van der Waals surface area contributed by atoms with Gasteiger partial charge >= 0.3 is 0 Å². The lowest BCUT2D eigenvalue weighted by Gasteiger charge is -2.39. The molecule has 0 fully saturated rings. The van der Waals surface area contributed by atoms with E-state index in [2.05, 4.69) is 20.8 Å². The molecule has 1 atom stereocenters. The Morgan fingerprint density at radius 3 is 2.03 bits per heavy atom. The molecule has 1 unspecified atom stereocenters. The monoisotopic (exact) mass is 430 g/mol. The number of ether oxygens (including phenoxy) is 2. The number of hydrogen-bond acceptors (Lipinski definition) is 3. The van der Waals surface area contributed by atoms with Crippen LogP contribution in [0.25, 0.3) is 0 Å². The van der Waals surface area contributed by atoms with Gasteiger partial charge in [-0.05, 0) is 44.0 Å². The van der Waals surface area contributed by atoms with Crippen LogP contribution < -0.4 is 4.74 Å². The first kappa shape index (κ1) is 25.9. The van der Waals surface area contributed by atoms with Crippen LogP contribution in [-0.2, 0) is 11.2 Å². The van der Waals surface area contributed by atoms with Gasteiger partial charge in [-0.2, -0.15) is 0 Å². The molecule has 0 N–H and O–H groups in total. The van der Waals surface area contributed by atoms with Gasteiger partial charge in [0.25, 0.3) is 0 Å². The van der Waals surface area contributed by atoms with Crippen LogP contribution in [0.4, 0.5) is 0 Å². The fourth-order valence-electron chi connectivity index (χ4n) is 4.62. The molecule has 1 aromatic carbocycles. The molecule has 0 spiro atoms. The Morgan fingerprint density at radius 1 is 0.935 bits per heavy atom. The third-order valence-electron chi connectivity index (χ3n) is 6.73. The molecular formula is C28H46O3. The Bertz CT molecular complexity index is 650. The van der Waals surface area contributed by atoms with Gasteiger partial charge in [0.05, 0.1) is 0 Å². The topological polar surface area (TPSA) is 35.5 Å². The molecule has 0 saturated carbocycles. The number of carbonyl (C=O) groups is 1. The molecular weight excluding hydrogens is 384 g/mol. The van der Waals surface area contributed by atoms with Gasteiger partial charge < -0.3 is 9.47 Å². The molecule has 3 nitrogen and oxygen atoms in total. The maximum absolute atomic E-state index is 12.6. The fourth-order valence-corrected chi connectivity index (χ4v) is 4.62. The van der Waals surface area contributed by atoms with Crippen LogP contribution in [0.3, 0.4) is 0 Å². The van der Waals surface area contributed by atoms with Gasteiger partial charge in [0.2, 0.25) is 0 Å². The Hall–Kier alpha value is -1.35. The maximum atomic E-state index is 12.6. The third kappa shape index (κ3) is 8.96. The van der Waals surface area contributed by atoms with Crippen molar-refractivity contribution >= 4 is 5.78 Å². The first-order chi connectivity index (χ1) is 15.0. The second-order valence-corrected chi connectivity index (χ2v) is 9.87. The van der Waals surface area contributed by atoms with Crippen molar-refractivity contribution in [3.63, 3.8) is 0 Å². The number of fused-ring (bicyclic) bond motifs is 1. The molecule has 0 amide bonds. The largest absolute Gasteiger partial charge is 0.485 e. The van der Waals surface area contributed by atoms with E-state index in [-0.39, 0.29) is 17.5 Å². The fraction of sp³-hybridized carbons (Fsp3) is 0.750. The smallest absolute Gasteiger partial charge is 0.162 e. The predicted molar refractivity (Wildman–Crippen MR) is 130 cm³/mol. The molecule has 31 heavy (non-hydrogen) atoms. The zero-order valence-corrected chi connectivity index (χ0v) is 20.6. The molecule has 0 radical (unpaired) electrons. The summed E-state index contributed by atoms with van der Waals surface area (Å²) in [5.74, 6) is 1.14. The summed E-state index contributed by atoms with van der Waals surface area (Å²) in [7, 11) is 1.73. The van der Waals surface area contributed by atoms with E-state index in [9.17, 15) is 4.79 Å². The third-order valence-corrected chi connectivity index (χ3v) is 6.73. The van der Waals surface area contributed by atoms with E-state index >= 15 is 0 Å². The number of Topliss-reactive ketones (excluding diaryl/α,β-unsaturated/α-hetero) is 1. The highest BCUT2D eigenvalue weighted by atomic mass is 16.5. The standard InChI is InChI=1S/C28H46O3/c1-5-6-7-8-9-10-11-12-13-14-15-16-17-18-25(29)23-19-20-26-24(21-23)22-27(30-4)28(2,3)31-26/h19-21,27H,5-18,22H2,1-4H3. The van der Waals surface area contributed by atoms with Crippen LogP contribution in [0.15, 0.2) is 18.2 Å². The Balaban J connectivity index is 1.57. The SMILES string of the molecule is CCCCCCCCCCCCCCCC(=O)c1ccc2c(c1)CC(OC)C(C)(C)O2. The van der Waals surface area contributed by atoms with Crippen molar-refractivity contribution in [2.45, 2.75) is 129 Å². The van der Waals surface area contributed by atoms with Crippen molar-refractivity contribution in [1.29, 1.82) is 0 Å². The maximum Gasteiger partial charge on any atom is 0.162 e. The van der Waals surface area contributed by atoms with Crippen molar-refractivity contribution in [2.24, 2.45) is 0 Å². The summed E-state index contributed by atoms with van der Waals surface area (Å²) in [4.78, 5) is 12.6. The van der Waals surface area contributed by atoms with Crippen molar-refractivity contribution in [3.05, 3.63) is 29.3 Å². The van der Waals surface area contributed by atoms with Crippen LogP contribution in [0.5, 0.6) is 5.75 Å². The summed E-state index contributed by atoms with van der Waals surface area (Å²) in [5.41, 5.74) is 1.56. The summed E-state index contributed by atoms with van der Waals surface area (Å²) in [6.07, 6.45) is 18.7. The Morgan fingerprint density at radius 2 is 1.48 bits per heavy atom. The number of ketones is 1. The van der Waals surface area contributed by atoms with E-state index in [0.717, 1.165) is 36.1 Å². The zero-order valence-electron chi connectivity index (χ0n) is 20.6. The van der Waals surface area contributed by atoms with Crippen LogP contribution in [0.2, 0.25) is 0 Å². The average molecular weight is 431 g/mol. The summed E-state index contributed by atoms with van der Waals surface area (Å²) in [5, 5.41) is 0. The molecule has 1 aromatic rings. The number of benzene rings is 1. The van der Waals surface area contributed by atoms with E-state index in [1.807, 2.05) is 18.2 Å². The second kappa shape index (κ2) is 13.9. The highest BCUT2D eigenvalue weighted by Crippen LogP contribution is 2.35. The molecule has 0 aromatic heterocycles. The minimum Gasteiger partial charge on any atom is -0.485 e. The highest BCUT2D eigenvalue weighted by molar-refractivity contribution is 5.96. The van der Waals surface area contributed by atoms with Crippen LogP contribution >= 0.6 is 0 Å². The molecule has 0 aliphatic carbocycles. The summed E-state index contributed by atoms with van der Waals surface area (Å²) < 4.78 is 11.7. The van der Waals surface area contributed by atoms with E-state index < -0.39 is 0 Å². The quantitative estimate of drug-likeness (QED) is 0.196. The van der Waals surface area contributed by atoms with Gasteiger partial charge in [-0.25, -0.2) is 0 Å². The molecule has 1 heterocycles. The van der Waals surface area contributed by atoms with Crippen molar-refractivity contribution < 1.29 is 14.3 Å². The van der Waals surface area contributed by atoms with Crippen molar-refractivity contribution in [3.8, 4) is 5.75 Å². The molecule has 1 aliphatic heterocycles. The number of carbonyl (C=O) groups excluding carboxylic acids is 1. The summed E-state index contributed by atoms with van der Waals surface area (Å²) in [6.45, 7) is 6.38. The summed E-state index contributed by atoms with van der Waals surface area (Å²) >= 11 is 0. The predicted octanol–water partition coefficient (Wildman–Crippen LogP) is 8.08. The molecule has 176 valence electrons. The van der Waals surface area contributed by atoms with E-state index in [4.69, 9.17) is 9.47 Å². The van der Waals surface area contributed by atoms with E-state index in [1.165, 1.54) is 70.6 Å². The first-order valence-corrected chi connectivity index (χ1v) is 12.9. The van der Waals surface area contributed by atoms with Crippen LogP contribution in [0, 0.1) is 0 Å². The molecule has 0 saturated heterocycles. The normalized spacial score (nSPS) is 17.2. The Kier molecular flexibility index (Phi) is 11.6. The number of unbranched alkanes of at least 4 members (excludes halogenated alkanes) is 12. The van der Waals surface area contributed by atoms with Crippen LogP contribution in [0.1, 0.15) is 127 Å². The Labute approximate surface area is 191 Å². The average Bonchev–Trinajstić information content (AvgIpc) is 2.75. The second-order valence-electron chi connectivity index (χ2n) is 9.87. The van der Waals surface area contributed by atoms with Gasteiger partial charge in [-0.1, -0.05) is 84.0 Å². The van der Waals surface area contributed by atoms with E-state index in [1.54, 1.807) is 7.11 Å². The summed E-state index contributed by atoms with van der Waals surface area (Å²) in [6, 6.07) is 5.90. The number of rotatable bonds is 16. The minimum absolute atomic E-state index is 0.00594.